The molecule has 2 aromatic rings. The van der Waals surface area contributed by atoms with Crippen LogP contribution in [0.3, 0.4) is 0 Å². The van der Waals surface area contributed by atoms with E-state index in [2.05, 4.69) is 21.2 Å². The van der Waals surface area contributed by atoms with Gasteiger partial charge in [-0.2, -0.15) is 4.31 Å². The molecule has 2 amide bonds. The zero-order chi connectivity index (χ0) is 20.3. The molecule has 148 valence electrons. The molecule has 0 unspecified atom stereocenters. The van der Waals surface area contributed by atoms with Crippen LogP contribution in [-0.4, -0.2) is 55.6 Å². The van der Waals surface area contributed by atoms with Gasteiger partial charge in [-0.25, -0.2) is 8.42 Å². The van der Waals surface area contributed by atoms with Crippen molar-refractivity contribution in [3.05, 3.63) is 58.6 Å². The van der Waals surface area contributed by atoms with E-state index in [-0.39, 0.29) is 35.4 Å². The highest BCUT2D eigenvalue weighted by atomic mass is 79.9. The molecule has 0 spiro atoms. The second-order valence-electron chi connectivity index (χ2n) is 6.40. The monoisotopic (exact) mass is 465 g/mol. The fraction of sp³-hybridized carbons (Fsp3) is 0.263. The summed E-state index contributed by atoms with van der Waals surface area (Å²) in [6.07, 6.45) is 0. The molecule has 1 saturated heterocycles. The molecule has 0 atom stereocenters. The van der Waals surface area contributed by atoms with Gasteiger partial charge in [0.2, 0.25) is 15.9 Å². The first-order valence-corrected chi connectivity index (χ1v) is 10.9. The molecule has 2 aromatic carbocycles. The Hall–Kier alpha value is -2.23. The standard InChI is InChI=1S/C19H20BrN3O4S/c1-14(24)22-9-11-23(12-10-22)28(26,27)18-4-2-3-15(13-18)19(25)21-17-7-5-16(20)6-8-17/h2-8,13H,9-12H2,1H3,(H,21,25). The second-order valence-corrected chi connectivity index (χ2v) is 9.25. The third-order valence-corrected chi connectivity index (χ3v) is 6.94. The van der Waals surface area contributed by atoms with E-state index in [9.17, 15) is 18.0 Å². The average molecular weight is 466 g/mol. The van der Waals surface area contributed by atoms with Crippen molar-refractivity contribution in [3.63, 3.8) is 0 Å². The maximum atomic E-state index is 12.9. The molecule has 7 nitrogen and oxygen atoms in total. The molecule has 9 heteroatoms. The van der Waals surface area contributed by atoms with Crippen LogP contribution in [0.1, 0.15) is 17.3 Å². The molecular formula is C19H20BrN3O4S. The van der Waals surface area contributed by atoms with Gasteiger partial charge in [0.05, 0.1) is 4.90 Å². The first-order chi connectivity index (χ1) is 13.3. The molecule has 0 aromatic heterocycles. The average Bonchev–Trinajstić information content (AvgIpc) is 2.70. The normalized spacial score (nSPS) is 15.3. The SMILES string of the molecule is CC(=O)N1CCN(S(=O)(=O)c2cccc(C(=O)Nc3ccc(Br)cc3)c2)CC1. The minimum atomic E-state index is -3.74. The van der Waals surface area contributed by atoms with E-state index >= 15 is 0 Å². The quantitative estimate of drug-likeness (QED) is 0.751. The number of amides is 2. The smallest absolute Gasteiger partial charge is 0.255 e. The Morgan fingerprint density at radius 1 is 1.00 bits per heavy atom. The Bertz CT molecular complexity index is 984. The van der Waals surface area contributed by atoms with Crippen molar-refractivity contribution in [2.75, 3.05) is 31.5 Å². The molecule has 1 aliphatic heterocycles. The van der Waals surface area contributed by atoms with E-state index in [1.54, 1.807) is 41.3 Å². The molecule has 0 saturated carbocycles. The maximum absolute atomic E-state index is 12.9. The molecule has 3 rings (SSSR count). The van der Waals surface area contributed by atoms with Gasteiger partial charge in [0.1, 0.15) is 0 Å². The lowest BCUT2D eigenvalue weighted by molar-refractivity contribution is -0.129. The van der Waals surface area contributed by atoms with E-state index < -0.39 is 10.0 Å². The molecule has 1 aliphatic rings. The van der Waals surface area contributed by atoms with Crippen LogP contribution in [0.25, 0.3) is 0 Å². The lowest BCUT2D eigenvalue weighted by atomic mass is 10.2. The number of carbonyl (C=O) groups is 2. The summed E-state index contributed by atoms with van der Waals surface area (Å²) < 4.78 is 28.1. The lowest BCUT2D eigenvalue weighted by Gasteiger charge is -2.33. The molecule has 1 heterocycles. The van der Waals surface area contributed by atoms with Gasteiger partial charge in [-0.05, 0) is 42.5 Å². The van der Waals surface area contributed by atoms with Crippen molar-refractivity contribution in [3.8, 4) is 0 Å². The van der Waals surface area contributed by atoms with E-state index in [1.807, 2.05) is 0 Å². The third kappa shape index (κ3) is 4.60. The van der Waals surface area contributed by atoms with Gasteiger partial charge in [0.25, 0.3) is 5.91 Å². The van der Waals surface area contributed by atoms with Crippen molar-refractivity contribution >= 4 is 43.5 Å². The van der Waals surface area contributed by atoms with E-state index in [0.29, 0.717) is 18.8 Å². The Morgan fingerprint density at radius 3 is 2.25 bits per heavy atom. The number of hydrogen-bond donors (Lipinski definition) is 1. The summed E-state index contributed by atoms with van der Waals surface area (Å²) >= 11 is 3.33. The van der Waals surface area contributed by atoms with Crippen molar-refractivity contribution in [1.29, 1.82) is 0 Å². The molecule has 1 N–H and O–H groups in total. The van der Waals surface area contributed by atoms with Gasteiger partial charge in [-0.15, -0.1) is 0 Å². The van der Waals surface area contributed by atoms with E-state index in [1.165, 1.54) is 23.4 Å². The molecule has 1 fully saturated rings. The van der Waals surface area contributed by atoms with Gasteiger partial charge in [0.15, 0.2) is 0 Å². The number of anilines is 1. The number of nitrogens with zero attached hydrogens (tertiary/aromatic N) is 2. The number of benzene rings is 2. The Morgan fingerprint density at radius 2 is 1.64 bits per heavy atom. The van der Waals surface area contributed by atoms with Gasteiger partial charge in [-0.1, -0.05) is 22.0 Å². The van der Waals surface area contributed by atoms with Crippen molar-refractivity contribution < 1.29 is 18.0 Å². The van der Waals surface area contributed by atoms with Crippen molar-refractivity contribution in [1.82, 2.24) is 9.21 Å². The first-order valence-electron chi connectivity index (χ1n) is 8.70. The summed E-state index contributed by atoms with van der Waals surface area (Å²) in [5, 5.41) is 2.75. The predicted molar refractivity (Wildman–Crippen MR) is 110 cm³/mol. The van der Waals surface area contributed by atoms with Crippen molar-refractivity contribution in [2.45, 2.75) is 11.8 Å². The largest absolute Gasteiger partial charge is 0.340 e. The minimum Gasteiger partial charge on any atom is -0.340 e. The predicted octanol–water partition coefficient (Wildman–Crippen LogP) is 2.55. The van der Waals surface area contributed by atoms with E-state index in [0.717, 1.165) is 4.47 Å². The number of hydrogen-bond acceptors (Lipinski definition) is 4. The van der Waals surface area contributed by atoms with Crippen LogP contribution in [-0.2, 0) is 14.8 Å². The highest BCUT2D eigenvalue weighted by molar-refractivity contribution is 9.10. The van der Waals surface area contributed by atoms with Gasteiger partial charge < -0.3 is 10.2 Å². The summed E-state index contributed by atoms with van der Waals surface area (Å²) in [5.74, 6) is -0.454. The van der Waals surface area contributed by atoms with Crippen LogP contribution in [0.15, 0.2) is 57.9 Å². The summed E-state index contributed by atoms with van der Waals surface area (Å²) in [7, 11) is -3.74. The van der Waals surface area contributed by atoms with Gasteiger partial charge >= 0.3 is 0 Å². The zero-order valence-electron chi connectivity index (χ0n) is 15.3. The number of halogens is 1. The number of nitrogens with one attached hydrogen (secondary N) is 1. The summed E-state index contributed by atoms with van der Waals surface area (Å²) in [5.41, 5.74) is 0.869. The highest BCUT2D eigenvalue weighted by Gasteiger charge is 2.29. The van der Waals surface area contributed by atoms with Gasteiger partial charge in [0, 0.05) is 48.8 Å². The number of piperazine rings is 1. The highest BCUT2D eigenvalue weighted by Crippen LogP contribution is 2.20. The number of carbonyl (C=O) groups excluding carboxylic acids is 2. The van der Waals surface area contributed by atoms with E-state index in [4.69, 9.17) is 0 Å². The topological polar surface area (TPSA) is 86.8 Å². The summed E-state index contributed by atoms with van der Waals surface area (Å²) in [6.45, 7) is 2.66. The van der Waals surface area contributed by atoms with Crippen LogP contribution in [0, 0.1) is 0 Å². The Labute approximate surface area is 172 Å². The fourth-order valence-corrected chi connectivity index (χ4v) is 4.66. The molecule has 0 aliphatic carbocycles. The van der Waals surface area contributed by atoms with Crippen LogP contribution in [0.4, 0.5) is 5.69 Å². The second kappa shape index (κ2) is 8.42. The number of sulfonamides is 1. The molecule has 0 radical (unpaired) electrons. The summed E-state index contributed by atoms with van der Waals surface area (Å²) in [4.78, 5) is 25.6. The Kier molecular flexibility index (Phi) is 6.17. The lowest BCUT2D eigenvalue weighted by Crippen LogP contribution is -2.49. The van der Waals surface area contributed by atoms with Crippen LogP contribution < -0.4 is 5.32 Å². The van der Waals surface area contributed by atoms with Crippen LogP contribution in [0.5, 0.6) is 0 Å². The molecule has 0 bridgehead atoms. The fourth-order valence-electron chi connectivity index (χ4n) is 2.93. The molecule has 28 heavy (non-hydrogen) atoms. The summed E-state index contributed by atoms with van der Waals surface area (Å²) in [6, 6.07) is 13.1. The maximum Gasteiger partial charge on any atom is 0.255 e. The first kappa shape index (κ1) is 20.5. The van der Waals surface area contributed by atoms with Gasteiger partial charge in [-0.3, -0.25) is 9.59 Å². The number of rotatable bonds is 4. The Balaban J connectivity index is 1.75. The third-order valence-electron chi connectivity index (χ3n) is 4.52. The zero-order valence-corrected chi connectivity index (χ0v) is 17.7. The van der Waals surface area contributed by atoms with Crippen molar-refractivity contribution in [2.24, 2.45) is 0 Å². The minimum absolute atomic E-state index is 0.0623. The molecular weight excluding hydrogens is 446 g/mol. The van der Waals surface area contributed by atoms with Crippen LogP contribution >= 0.6 is 15.9 Å². The van der Waals surface area contributed by atoms with Crippen LogP contribution in [0.2, 0.25) is 0 Å².